The van der Waals surface area contributed by atoms with Gasteiger partial charge in [-0.15, -0.1) is 0 Å². The Morgan fingerprint density at radius 1 is 1.62 bits per heavy atom. The molecule has 0 saturated heterocycles. The van der Waals surface area contributed by atoms with Gasteiger partial charge in [0.15, 0.2) is 0 Å². The molecule has 0 amide bonds. The fraction of sp³-hybridized carbons (Fsp3) is 1.00. The predicted octanol–water partition coefficient (Wildman–Crippen LogP) is 1.41. The Labute approximate surface area is 50.7 Å². The first-order valence-electron chi connectivity index (χ1n) is 3.31. The van der Waals surface area contributed by atoms with Crippen LogP contribution in [0.5, 0.6) is 0 Å². The monoisotopic (exact) mass is 114 g/mol. The smallest absolute Gasteiger partial charge is 0.0628 e. The molecule has 0 heterocycles. The van der Waals surface area contributed by atoms with Gasteiger partial charge in [-0.05, 0) is 17.8 Å². The average molecular weight is 114 g/mol. The highest BCUT2D eigenvalue weighted by Crippen LogP contribution is 2.54. The van der Waals surface area contributed by atoms with Gasteiger partial charge < -0.3 is 5.11 Å². The zero-order valence-corrected chi connectivity index (χ0v) is 5.81. The summed E-state index contributed by atoms with van der Waals surface area (Å²) in [6.07, 6.45) is 1.09. The number of rotatable bonds is 1. The Bertz CT molecular complexity index is 90.6. The van der Waals surface area contributed by atoms with E-state index in [-0.39, 0.29) is 11.5 Å². The average Bonchev–Trinajstić information content (AvgIpc) is 2.22. The molecule has 0 aromatic carbocycles. The fourth-order valence-corrected chi connectivity index (χ4v) is 1.30. The molecule has 0 radical (unpaired) electrons. The van der Waals surface area contributed by atoms with E-state index in [4.69, 9.17) is 5.11 Å². The third kappa shape index (κ3) is 0.510. The molecule has 1 aliphatic rings. The van der Waals surface area contributed by atoms with E-state index >= 15 is 0 Å². The van der Waals surface area contributed by atoms with Crippen molar-refractivity contribution in [1.82, 2.24) is 0 Å². The van der Waals surface area contributed by atoms with E-state index in [1.807, 2.05) is 0 Å². The van der Waals surface area contributed by atoms with Crippen molar-refractivity contribution in [3.8, 4) is 0 Å². The van der Waals surface area contributed by atoms with Gasteiger partial charge in [0.2, 0.25) is 0 Å². The topological polar surface area (TPSA) is 20.2 Å². The van der Waals surface area contributed by atoms with Gasteiger partial charge in [-0.1, -0.05) is 20.8 Å². The minimum Gasteiger partial charge on any atom is -0.392 e. The lowest BCUT2D eigenvalue weighted by Gasteiger charge is -2.01. The molecule has 1 fully saturated rings. The van der Waals surface area contributed by atoms with Crippen LogP contribution in [0.2, 0.25) is 0 Å². The van der Waals surface area contributed by atoms with E-state index in [1.54, 1.807) is 0 Å². The highest BCUT2D eigenvalue weighted by molar-refractivity contribution is 5.04. The van der Waals surface area contributed by atoms with E-state index in [1.165, 1.54) is 0 Å². The lowest BCUT2D eigenvalue weighted by Crippen LogP contribution is -1.97. The maximum atomic E-state index is 9.15. The van der Waals surface area contributed by atoms with Crippen LogP contribution in [0.15, 0.2) is 0 Å². The molecule has 1 heteroatoms. The third-order valence-electron chi connectivity index (χ3n) is 2.84. The molecule has 1 rings (SSSR count). The first kappa shape index (κ1) is 6.09. The van der Waals surface area contributed by atoms with Gasteiger partial charge in [0, 0.05) is 0 Å². The van der Waals surface area contributed by atoms with Gasteiger partial charge in [-0.3, -0.25) is 0 Å². The normalized spacial score (nSPS) is 54.0. The number of hydrogen-bond acceptors (Lipinski definition) is 1. The molecule has 8 heavy (non-hydrogen) atoms. The molecule has 1 saturated carbocycles. The van der Waals surface area contributed by atoms with Gasteiger partial charge in [-0.2, -0.15) is 0 Å². The molecular weight excluding hydrogens is 100 g/mol. The summed E-state index contributed by atoms with van der Waals surface area (Å²) in [6, 6.07) is 0. The Kier molecular flexibility index (Phi) is 1.12. The second kappa shape index (κ2) is 1.47. The highest BCUT2D eigenvalue weighted by Gasteiger charge is 2.55. The van der Waals surface area contributed by atoms with Gasteiger partial charge in [-0.25, -0.2) is 0 Å². The first-order valence-corrected chi connectivity index (χ1v) is 3.31. The molecule has 3 atom stereocenters. The second-order valence-electron chi connectivity index (χ2n) is 3.09. The fourth-order valence-electron chi connectivity index (χ4n) is 1.30. The molecule has 1 aliphatic carbocycles. The maximum absolute atomic E-state index is 9.15. The van der Waals surface area contributed by atoms with E-state index in [9.17, 15) is 0 Å². The molecular formula is C7H14O. The van der Waals surface area contributed by atoms with Crippen LogP contribution in [-0.4, -0.2) is 11.2 Å². The quantitative estimate of drug-likeness (QED) is 0.546. The lowest BCUT2D eigenvalue weighted by molar-refractivity contribution is 0.222. The van der Waals surface area contributed by atoms with Crippen LogP contribution >= 0.6 is 0 Å². The Morgan fingerprint density at radius 2 is 2.00 bits per heavy atom. The summed E-state index contributed by atoms with van der Waals surface area (Å²) in [6.45, 7) is 6.38. The molecule has 0 bridgehead atoms. The molecule has 0 aromatic rings. The van der Waals surface area contributed by atoms with Crippen LogP contribution in [0.4, 0.5) is 0 Å². The van der Waals surface area contributed by atoms with Crippen LogP contribution in [0.3, 0.4) is 0 Å². The SMILES string of the molecule is CCC1(C)C(C)C1O. The van der Waals surface area contributed by atoms with E-state index in [2.05, 4.69) is 20.8 Å². The molecule has 3 unspecified atom stereocenters. The zero-order valence-electron chi connectivity index (χ0n) is 5.81. The van der Waals surface area contributed by atoms with Gasteiger partial charge in [0.25, 0.3) is 0 Å². The van der Waals surface area contributed by atoms with Crippen molar-refractivity contribution in [2.45, 2.75) is 33.3 Å². The largest absolute Gasteiger partial charge is 0.392 e. The van der Waals surface area contributed by atoms with Gasteiger partial charge >= 0.3 is 0 Å². The highest BCUT2D eigenvalue weighted by atomic mass is 16.3. The van der Waals surface area contributed by atoms with Crippen molar-refractivity contribution in [3.05, 3.63) is 0 Å². The summed E-state index contributed by atoms with van der Waals surface area (Å²) in [5.74, 6) is 0.535. The van der Waals surface area contributed by atoms with Crippen LogP contribution in [0, 0.1) is 11.3 Å². The van der Waals surface area contributed by atoms with Crippen LogP contribution < -0.4 is 0 Å². The molecule has 1 nitrogen and oxygen atoms in total. The van der Waals surface area contributed by atoms with Crippen molar-refractivity contribution in [1.29, 1.82) is 0 Å². The van der Waals surface area contributed by atoms with E-state index < -0.39 is 0 Å². The van der Waals surface area contributed by atoms with Crippen LogP contribution in [-0.2, 0) is 0 Å². The first-order chi connectivity index (χ1) is 3.63. The second-order valence-corrected chi connectivity index (χ2v) is 3.09. The molecule has 1 N–H and O–H groups in total. The summed E-state index contributed by atoms with van der Waals surface area (Å²) in [5, 5.41) is 9.15. The van der Waals surface area contributed by atoms with Crippen LogP contribution in [0.25, 0.3) is 0 Å². The maximum Gasteiger partial charge on any atom is 0.0628 e. The molecule has 48 valence electrons. The van der Waals surface area contributed by atoms with Gasteiger partial charge in [0.05, 0.1) is 6.10 Å². The Hall–Kier alpha value is -0.0400. The van der Waals surface area contributed by atoms with Crippen molar-refractivity contribution in [2.24, 2.45) is 11.3 Å². The summed E-state index contributed by atoms with van der Waals surface area (Å²) in [4.78, 5) is 0. The Morgan fingerprint density at radius 3 is 2.00 bits per heavy atom. The summed E-state index contributed by atoms with van der Waals surface area (Å²) in [7, 11) is 0. The molecule has 0 aromatic heterocycles. The number of aliphatic hydroxyl groups excluding tert-OH is 1. The molecule has 0 spiro atoms. The zero-order chi connectivity index (χ0) is 6.36. The van der Waals surface area contributed by atoms with Crippen molar-refractivity contribution in [3.63, 3.8) is 0 Å². The van der Waals surface area contributed by atoms with Crippen molar-refractivity contribution >= 4 is 0 Å². The Balaban J connectivity index is 2.50. The van der Waals surface area contributed by atoms with Crippen molar-refractivity contribution < 1.29 is 5.11 Å². The molecule has 0 aliphatic heterocycles. The van der Waals surface area contributed by atoms with Crippen molar-refractivity contribution in [2.75, 3.05) is 0 Å². The predicted molar refractivity (Wildman–Crippen MR) is 33.6 cm³/mol. The van der Waals surface area contributed by atoms with E-state index in [0.717, 1.165) is 6.42 Å². The number of aliphatic hydroxyl groups is 1. The lowest BCUT2D eigenvalue weighted by atomic mass is 10.0. The van der Waals surface area contributed by atoms with Gasteiger partial charge in [0.1, 0.15) is 0 Å². The summed E-state index contributed by atoms with van der Waals surface area (Å²) >= 11 is 0. The summed E-state index contributed by atoms with van der Waals surface area (Å²) in [5.41, 5.74) is 0.264. The third-order valence-corrected chi connectivity index (χ3v) is 2.84. The minimum absolute atomic E-state index is 0.0208. The number of hydrogen-bond donors (Lipinski definition) is 1. The van der Waals surface area contributed by atoms with E-state index in [0.29, 0.717) is 5.92 Å². The minimum atomic E-state index is -0.0208. The standard InChI is InChI=1S/C7H14O/c1-4-7(3)5(2)6(7)8/h5-6,8H,4H2,1-3H3. The van der Waals surface area contributed by atoms with Crippen LogP contribution in [0.1, 0.15) is 27.2 Å². The summed E-state index contributed by atoms with van der Waals surface area (Å²) < 4.78 is 0.